The van der Waals surface area contributed by atoms with E-state index >= 15 is 0 Å². The summed E-state index contributed by atoms with van der Waals surface area (Å²) in [7, 11) is 2.21. The topological polar surface area (TPSA) is 38.5 Å². The van der Waals surface area contributed by atoms with Crippen molar-refractivity contribution in [1.82, 2.24) is 4.90 Å². The molecule has 0 radical (unpaired) electrons. The second kappa shape index (κ2) is 6.35. The van der Waals surface area contributed by atoms with Gasteiger partial charge in [0.1, 0.15) is 0 Å². The molecule has 0 atom stereocenters. The van der Waals surface area contributed by atoms with E-state index in [-0.39, 0.29) is 0 Å². The third-order valence-corrected chi connectivity index (χ3v) is 2.78. The Morgan fingerprint density at radius 3 is 2.62 bits per heavy atom. The summed E-state index contributed by atoms with van der Waals surface area (Å²) < 4.78 is 5.33. The van der Waals surface area contributed by atoms with Crippen LogP contribution in [0.4, 0.5) is 0 Å². The average molecular weight is 186 g/mol. The Labute approximate surface area is 81.2 Å². The minimum atomic E-state index is 0.742. The summed E-state index contributed by atoms with van der Waals surface area (Å²) >= 11 is 0. The predicted octanol–water partition coefficient (Wildman–Crippen LogP) is 0.836. The Morgan fingerprint density at radius 2 is 2.00 bits per heavy atom. The molecule has 3 nitrogen and oxygen atoms in total. The van der Waals surface area contributed by atoms with E-state index < -0.39 is 0 Å². The van der Waals surface area contributed by atoms with Crippen molar-refractivity contribution < 1.29 is 4.74 Å². The van der Waals surface area contributed by atoms with Crippen LogP contribution in [0.2, 0.25) is 0 Å². The van der Waals surface area contributed by atoms with E-state index in [4.69, 9.17) is 10.5 Å². The Kier molecular flexibility index (Phi) is 5.35. The number of hydrogen-bond acceptors (Lipinski definition) is 3. The van der Waals surface area contributed by atoms with Gasteiger partial charge >= 0.3 is 0 Å². The molecule has 0 aromatic carbocycles. The van der Waals surface area contributed by atoms with Crippen LogP contribution in [0.1, 0.15) is 25.7 Å². The second-order valence-corrected chi connectivity index (χ2v) is 3.82. The molecule has 13 heavy (non-hydrogen) atoms. The van der Waals surface area contributed by atoms with Crippen LogP contribution in [0, 0.1) is 0 Å². The van der Waals surface area contributed by atoms with E-state index in [9.17, 15) is 0 Å². The Morgan fingerprint density at radius 1 is 1.31 bits per heavy atom. The lowest BCUT2D eigenvalue weighted by Gasteiger charge is -2.31. The van der Waals surface area contributed by atoms with E-state index in [1.54, 1.807) is 0 Å². The van der Waals surface area contributed by atoms with Gasteiger partial charge in [0.05, 0.1) is 0 Å². The first-order chi connectivity index (χ1) is 6.34. The van der Waals surface area contributed by atoms with Crippen LogP contribution in [0.3, 0.4) is 0 Å². The Hall–Kier alpha value is -0.120. The highest BCUT2D eigenvalue weighted by molar-refractivity contribution is 4.71. The maximum absolute atomic E-state index is 5.45. The first kappa shape index (κ1) is 11.0. The molecule has 78 valence electrons. The zero-order valence-electron chi connectivity index (χ0n) is 8.67. The third kappa shape index (κ3) is 4.07. The number of nitrogens with two attached hydrogens (primary N) is 1. The minimum absolute atomic E-state index is 0.742. The molecule has 0 aromatic rings. The summed E-state index contributed by atoms with van der Waals surface area (Å²) in [5, 5.41) is 0. The molecule has 1 saturated heterocycles. The molecule has 1 rings (SSSR count). The molecule has 0 bridgehead atoms. The summed E-state index contributed by atoms with van der Waals surface area (Å²) in [5.74, 6) is 0. The predicted molar refractivity (Wildman–Crippen MR) is 54.8 cm³/mol. The van der Waals surface area contributed by atoms with Crippen molar-refractivity contribution >= 4 is 0 Å². The maximum Gasteiger partial charge on any atom is 0.0480 e. The fourth-order valence-electron chi connectivity index (χ4n) is 1.81. The molecule has 3 heteroatoms. The third-order valence-electron chi connectivity index (χ3n) is 2.78. The molecule has 0 saturated carbocycles. The van der Waals surface area contributed by atoms with E-state index in [2.05, 4.69) is 11.9 Å². The molecule has 2 N–H and O–H groups in total. The highest BCUT2D eigenvalue weighted by atomic mass is 16.5. The van der Waals surface area contributed by atoms with Gasteiger partial charge in [-0.05, 0) is 45.8 Å². The minimum Gasteiger partial charge on any atom is -0.381 e. The Balaban J connectivity index is 2.09. The first-order valence-corrected chi connectivity index (χ1v) is 5.32. The van der Waals surface area contributed by atoms with E-state index in [1.807, 2.05) is 0 Å². The SMILES string of the molecule is CN(CCCCN)C1CCOCC1. The van der Waals surface area contributed by atoms with Gasteiger partial charge in [-0.2, -0.15) is 0 Å². The molecule has 0 aliphatic carbocycles. The lowest BCUT2D eigenvalue weighted by atomic mass is 10.1. The van der Waals surface area contributed by atoms with Crippen LogP contribution >= 0.6 is 0 Å². The molecule has 1 fully saturated rings. The molecule has 0 aromatic heterocycles. The maximum atomic E-state index is 5.45. The number of hydrogen-bond donors (Lipinski definition) is 1. The quantitative estimate of drug-likeness (QED) is 0.647. The lowest BCUT2D eigenvalue weighted by Crippen LogP contribution is -2.37. The average Bonchev–Trinajstić information content (AvgIpc) is 2.19. The van der Waals surface area contributed by atoms with Crippen LogP contribution in [0.15, 0.2) is 0 Å². The highest BCUT2D eigenvalue weighted by Gasteiger charge is 2.17. The Bertz CT molecular complexity index is 124. The van der Waals surface area contributed by atoms with Crippen molar-refractivity contribution in [2.24, 2.45) is 5.73 Å². The van der Waals surface area contributed by atoms with E-state index in [1.165, 1.54) is 25.8 Å². The molecule has 0 amide bonds. The van der Waals surface area contributed by atoms with Gasteiger partial charge in [0, 0.05) is 19.3 Å². The second-order valence-electron chi connectivity index (χ2n) is 3.82. The molecular weight excluding hydrogens is 164 g/mol. The van der Waals surface area contributed by atoms with Crippen LogP contribution in [-0.2, 0) is 4.74 Å². The summed E-state index contributed by atoms with van der Waals surface area (Å²) in [5.41, 5.74) is 5.45. The molecule has 1 aliphatic heterocycles. The van der Waals surface area contributed by atoms with Gasteiger partial charge < -0.3 is 15.4 Å². The number of ether oxygens (including phenoxy) is 1. The van der Waals surface area contributed by atoms with Crippen LogP contribution < -0.4 is 5.73 Å². The fraction of sp³-hybridized carbons (Fsp3) is 1.00. The fourth-order valence-corrected chi connectivity index (χ4v) is 1.81. The zero-order chi connectivity index (χ0) is 9.52. The van der Waals surface area contributed by atoms with Crippen molar-refractivity contribution in [3.05, 3.63) is 0 Å². The molecule has 0 spiro atoms. The standard InChI is InChI=1S/C10H22N2O/c1-12(7-3-2-6-11)10-4-8-13-9-5-10/h10H,2-9,11H2,1H3. The van der Waals surface area contributed by atoms with Gasteiger partial charge in [0.15, 0.2) is 0 Å². The van der Waals surface area contributed by atoms with Gasteiger partial charge in [0.25, 0.3) is 0 Å². The molecule has 1 heterocycles. The molecule has 0 unspecified atom stereocenters. The number of unbranched alkanes of at least 4 members (excludes halogenated alkanes) is 1. The molecule has 1 aliphatic rings. The van der Waals surface area contributed by atoms with E-state index in [0.29, 0.717) is 0 Å². The van der Waals surface area contributed by atoms with Crippen molar-refractivity contribution in [2.45, 2.75) is 31.7 Å². The van der Waals surface area contributed by atoms with Crippen molar-refractivity contribution in [3.8, 4) is 0 Å². The van der Waals surface area contributed by atoms with Crippen molar-refractivity contribution in [1.29, 1.82) is 0 Å². The van der Waals surface area contributed by atoms with E-state index in [0.717, 1.165) is 32.2 Å². The van der Waals surface area contributed by atoms with Gasteiger partial charge in [-0.1, -0.05) is 0 Å². The van der Waals surface area contributed by atoms with Crippen molar-refractivity contribution in [2.75, 3.05) is 33.4 Å². The van der Waals surface area contributed by atoms with Gasteiger partial charge in [0.2, 0.25) is 0 Å². The summed E-state index contributed by atoms with van der Waals surface area (Å²) in [6.07, 6.45) is 4.76. The van der Waals surface area contributed by atoms with Gasteiger partial charge in [-0.3, -0.25) is 0 Å². The summed E-state index contributed by atoms with van der Waals surface area (Å²) in [4.78, 5) is 2.46. The monoisotopic (exact) mass is 186 g/mol. The smallest absolute Gasteiger partial charge is 0.0480 e. The van der Waals surface area contributed by atoms with Gasteiger partial charge in [-0.25, -0.2) is 0 Å². The summed E-state index contributed by atoms with van der Waals surface area (Å²) in [6.45, 7) is 3.88. The highest BCUT2D eigenvalue weighted by Crippen LogP contribution is 2.12. The lowest BCUT2D eigenvalue weighted by molar-refractivity contribution is 0.0427. The van der Waals surface area contributed by atoms with Gasteiger partial charge in [-0.15, -0.1) is 0 Å². The van der Waals surface area contributed by atoms with Crippen LogP contribution in [0.25, 0.3) is 0 Å². The normalized spacial score (nSPS) is 19.6. The zero-order valence-corrected chi connectivity index (χ0v) is 8.67. The van der Waals surface area contributed by atoms with Crippen molar-refractivity contribution in [3.63, 3.8) is 0 Å². The largest absolute Gasteiger partial charge is 0.381 e. The van der Waals surface area contributed by atoms with Crippen LogP contribution in [-0.4, -0.2) is 44.3 Å². The number of rotatable bonds is 5. The molecular formula is C10H22N2O. The number of nitrogens with zero attached hydrogens (tertiary/aromatic N) is 1. The summed E-state index contributed by atoms with van der Waals surface area (Å²) in [6, 6.07) is 0.742. The first-order valence-electron chi connectivity index (χ1n) is 5.32. The van der Waals surface area contributed by atoms with Crippen LogP contribution in [0.5, 0.6) is 0 Å².